The molecule has 2 N–H and O–H groups in total. The summed E-state index contributed by atoms with van der Waals surface area (Å²) in [6.07, 6.45) is 0. The van der Waals surface area contributed by atoms with E-state index in [9.17, 15) is 4.79 Å². The lowest BCUT2D eigenvalue weighted by atomic mass is 10.2. The molecule has 2 rings (SSSR count). The molecule has 2 aromatic rings. The first-order chi connectivity index (χ1) is 8.49. The Morgan fingerprint density at radius 2 is 2.17 bits per heavy atom. The van der Waals surface area contributed by atoms with E-state index in [1.165, 1.54) is 0 Å². The van der Waals surface area contributed by atoms with E-state index >= 15 is 0 Å². The molecule has 0 amide bonds. The van der Waals surface area contributed by atoms with Crippen molar-refractivity contribution < 1.29 is 9.90 Å². The standard InChI is InChI=1S/C11H8Cl2N2O2S/c1-5-9(11(16)17)10(18-15-5)14-8-4-6(12)2-3-7(8)13/h2-4,14H,1H3,(H,16,17). The molecule has 0 atom stereocenters. The Hall–Kier alpha value is -1.30. The van der Waals surface area contributed by atoms with Gasteiger partial charge in [0.25, 0.3) is 0 Å². The molecule has 0 fully saturated rings. The van der Waals surface area contributed by atoms with Crippen LogP contribution in [0.3, 0.4) is 0 Å². The van der Waals surface area contributed by atoms with Crippen molar-refractivity contribution in [3.63, 3.8) is 0 Å². The van der Waals surface area contributed by atoms with Gasteiger partial charge in [0.1, 0.15) is 10.6 Å². The Balaban J connectivity index is 2.40. The summed E-state index contributed by atoms with van der Waals surface area (Å²) < 4.78 is 4.01. The highest BCUT2D eigenvalue weighted by Gasteiger charge is 2.18. The molecule has 0 aliphatic rings. The van der Waals surface area contributed by atoms with Crippen LogP contribution >= 0.6 is 34.7 Å². The van der Waals surface area contributed by atoms with Gasteiger partial charge in [0.2, 0.25) is 0 Å². The van der Waals surface area contributed by atoms with Gasteiger partial charge in [-0.25, -0.2) is 4.79 Å². The molecule has 0 saturated carbocycles. The van der Waals surface area contributed by atoms with Crippen LogP contribution in [-0.2, 0) is 0 Å². The number of aromatic carboxylic acids is 1. The summed E-state index contributed by atoms with van der Waals surface area (Å²) in [5, 5.41) is 13.5. The van der Waals surface area contributed by atoms with Gasteiger partial charge in [-0.1, -0.05) is 23.2 Å². The number of anilines is 2. The number of nitrogens with one attached hydrogen (secondary N) is 1. The molecule has 4 nitrogen and oxygen atoms in total. The zero-order valence-corrected chi connectivity index (χ0v) is 11.5. The SMILES string of the molecule is Cc1nsc(Nc2cc(Cl)ccc2Cl)c1C(=O)O. The van der Waals surface area contributed by atoms with E-state index in [1.807, 2.05) is 0 Å². The van der Waals surface area contributed by atoms with E-state index in [2.05, 4.69) is 9.69 Å². The second-order valence-corrected chi connectivity index (χ2v) is 5.14. The Morgan fingerprint density at radius 1 is 1.44 bits per heavy atom. The lowest BCUT2D eigenvalue weighted by Crippen LogP contribution is -2.01. The molecule has 0 spiro atoms. The van der Waals surface area contributed by atoms with E-state index in [0.717, 1.165) is 11.5 Å². The van der Waals surface area contributed by atoms with Crippen LogP contribution < -0.4 is 5.32 Å². The van der Waals surface area contributed by atoms with Crippen molar-refractivity contribution in [2.45, 2.75) is 6.92 Å². The van der Waals surface area contributed by atoms with Crippen molar-refractivity contribution >= 4 is 51.4 Å². The molecular weight excluding hydrogens is 295 g/mol. The third-order valence-electron chi connectivity index (χ3n) is 2.25. The van der Waals surface area contributed by atoms with Crippen LogP contribution in [0.4, 0.5) is 10.7 Å². The Bertz CT molecular complexity index is 613. The first kappa shape index (κ1) is 13.1. The summed E-state index contributed by atoms with van der Waals surface area (Å²) in [5.41, 5.74) is 1.17. The van der Waals surface area contributed by atoms with E-state index < -0.39 is 5.97 Å². The quantitative estimate of drug-likeness (QED) is 0.892. The number of carboxylic acids is 1. The highest BCUT2D eigenvalue weighted by molar-refractivity contribution is 7.10. The minimum atomic E-state index is -1.03. The van der Waals surface area contributed by atoms with Crippen molar-refractivity contribution in [3.8, 4) is 0 Å². The van der Waals surface area contributed by atoms with Crippen molar-refractivity contribution in [3.05, 3.63) is 39.5 Å². The molecule has 0 unspecified atom stereocenters. The highest BCUT2D eigenvalue weighted by Crippen LogP contribution is 2.32. The van der Waals surface area contributed by atoms with E-state index in [0.29, 0.717) is 26.4 Å². The van der Waals surface area contributed by atoms with Crippen LogP contribution in [0.1, 0.15) is 16.1 Å². The Kier molecular flexibility index (Phi) is 3.75. The van der Waals surface area contributed by atoms with Gasteiger partial charge in [-0.3, -0.25) is 0 Å². The van der Waals surface area contributed by atoms with Crippen molar-refractivity contribution in [1.29, 1.82) is 0 Å². The number of benzene rings is 1. The molecule has 7 heteroatoms. The lowest BCUT2D eigenvalue weighted by Gasteiger charge is -2.07. The van der Waals surface area contributed by atoms with Gasteiger partial charge >= 0.3 is 5.97 Å². The third kappa shape index (κ3) is 2.58. The minimum Gasteiger partial charge on any atom is -0.478 e. The fourth-order valence-corrected chi connectivity index (χ4v) is 2.56. The number of aryl methyl sites for hydroxylation is 1. The number of carbonyl (C=O) groups is 1. The van der Waals surface area contributed by atoms with Crippen molar-refractivity contribution in [2.24, 2.45) is 0 Å². The zero-order valence-electron chi connectivity index (χ0n) is 9.20. The number of hydrogen-bond acceptors (Lipinski definition) is 4. The maximum atomic E-state index is 11.1. The predicted octanol–water partition coefficient (Wildman–Crippen LogP) is 4.20. The molecule has 0 aliphatic carbocycles. The van der Waals surface area contributed by atoms with Gasteiger partial charge in [-0.2, -0.15) is 4.37 Å². The number of halogens is 2. The first-order valence-corrected chi connectivity index (χ1v) is 6.43. The lowest BCUT2D eigenvalue weighted by molar-refractivity contribution is 0.0697. The topological polar surface area (TPSA) is 62.2 Å². The predicted molar refractivity (Wildman–Crippen MR) is 73.6 cm³/mol. The minimum absolute atomic E-state index is 0.149. The molecule has 18 heavy (non-hydrogen) atoms. The second kappa shape index (κ2) is 5.14. The molecule has 1 aromatic heterocycles. The van der Waals surface area contributed by atoms with Gasteiger partial charge in [-0.05, 0) is 36.7 Å². The van der Waals surface area contributed by atoms with Gasteiger partial charge in [-0.15, -0.1) is 0 Å². The molecule has 0 bridgehead atoms. The van der Waals surface area contributed by atoms with Gasteiger partial charge in [0.05, 0.1) is 16.4 Å². The van der Waals surface area contributed by atoms with E-state index in [4.69, 9.17) is 28.3 Å². The van der Waals surface area contributed by atoms with Crippen molar-refractivity contribution in [1.82, 2.24) is 4.37 Å². The first-order valence-electron chi connectivity index (χ1n) is 4.90. The monoisotopic (exact) mass is 302 g/mol. The maximum Gasteiger partial charge on any atom is 0.340 e. The molecule has 0 saturated heterocycles. The number of aromatic nitrogens is 1. The summed E-state index contributed by atoms with van der Waals surface area (Å²) in [6, 6.07) is 4.93. The van der Waals surface area contributed by atoms with Gasteiger partial charge < -0.3 is 10.4 Å². The molecule has 94 valence electrons. The summed E-state index contributed by atoms with van der Waals surface area (Å²) in [5.74, 6) is -1.03. The zero-order chi connectivity index (χ0) is 13.3. The average Bonchev–Trinajstić information content (AvgIpc) is 2.65. The summed E-state index contributed by atoms with van der Waals surface area (Å²) >= 11 is 12.9. The Labute approximate surface area is 117 Å². The fraction of sp³-hybridized carbons (Fsp3) is 0.0909. The molecule has 1 heterocycles. The Morgan fingerprint density at radius 3 is 2.83 bits per heavy atom. The van der Waals surface area contributed by atoms with Gasteiger partial charge in [0, 0.05) is 5.02 Å². The second-order valence-electron chi connectivity index (χ2n) is 3.53. The summed E-state index contributed by atoms with van der Waals surface area (Å²) in [4.78, 5) is 11.1. The van der Waals surface area contributed by atoms with Crippen molar-refractivity contribution in [2.75, 3.05) is 5.32 Å². The molecule has 0 aliphatic heterocycles. The summed E-state index contributed by atoms with van der Waals surface area (Å²) in [7, 11) is 0. The van der Waals surface area contributed by atoms with Crippen LogP contribution in [0.5, 0.6) is 0 Å². The normalized spacial score (nSPS) is 10.4. The van der Waals surface area contributed by atoms with Crippen LogP contribution in [0.25, 0.3) is 0 Å². The number of hydrogen-bond donors (Lipinski definition) is 2. The van der Waals surface area contributed by atoms with E-state index in [1.54, 1.807) is 25.1 Å². The fourth-order valence-electron chi connectivity index (χ4n) is 1.42. The van der Waals surface area contributed by atoms with Crippen LogP contribution in [0.15, 0.2) is 18.2 Å². The number of nitrogens with zero attached hydrogens (tertiary/aromatic N) is 1. The molecule has 1 aromatic carbocycles. The maximum absolute atomic E-state index is 11.1. The number of rotatable bonds is 3. The van der Waals surface area contributed by atoms with Crippen LogP contribution in [0.2, 0.25) is 10.0 Å². The summed E-state index contributed by atoms with van der Waals surface area (Å²) in [6.45, 7) is 1.64. The van der Waals surface area contributed by atoms with E-state index in [-0.39, 0.29) is 5.56 Å². The van der Waals surface area contributed by atoms with Crippen LogP contribution in [-0.4, -0.2) is 15.4 Å². The third-order valence-corrected chi connectivity index (χ3v) is 3.67. The molecule has 0 radical (unpaired) electrons. The van der Waals surface area contributed by atoms with Crippen LogP contribution in [0, 0.1) is 6.92 Å². The van der Waals surface area contributed by atoms with Gasteiger partial charge in [0.15, 0.2) is 0 Å². The largest absolute Gasteiger partial charge is 0.478 e. The number of carboxylic acid groups (broad SMARTS) is 1. The highest BCUT2D eigenvalue weighted by atomic mass is 35.5. The molecular formula is C11H8Cl2N2O2S. The smallest absolute Gasteiger partial charge is 0.340 e. The average molecular weight is 303 g/mol.